The van der Waals surface area contributed by atoms with Crippen LogP contribution in [0.4, 0.5) is 4.39 Å². The summed E-state index contributed by atoms with van der Waals surface area (Å²) >= 11 is 3.12. The van der Waals surface area contributed by atoms with E-state index in [1.807, 2.05) is 12.1 Å². The van der Waals surface area contributed by atoms with E-state index in [0.717, 1.165) is 5.56 Å². The zero-order valence-corrected chi connectivity index (χ0v) is 13.9. The maximum absolute atomic E-state index is 13.5. The van der Waals surface area contributed by atoms with Crippen LogP contribution in [-0.4, -0.2) is 10.5 Å². The monoisotopic (exact) mass is 352 g/mol. The van der Waals surface area contributed by atoms with Gasteiger partial charge in [0.15, 0.2) is 0 Å². The lowest BCUT2D eigenvalue weighted by atomic mass is 10.1. The summed E-state index contributed by atoms with van der Waals surface area (Å²) in [7, 11) is 0. The first-order chi connectivity index (χ1) is 9.85. The Morgan fingerprint density at radius 1 is 1.29 bits per heavy atom. The van der Waals surface area contributed by atoms with Crippen molar-refractivity contribution in [2.75, 3.05) is 0 Å². The van der Waals surface area contributed by atoms with Crippen LogP contribution in [0.2, 0.25) is 0 Å². The molecule has 1 heterocycles. The molecule has 112 valence electrons. The fraction of sp³-hybridized carbons (Fsp3) is 0.312. The largest absolute Gasteiger partial charge is 0.439 e. The molecule has 0 aliphatic heterocycles. The molecule has 2 rings (SSSR count). The Labute approximate surface area is 132 Å². The van der Waals surface area contributed by atoms with Crippen LogP contribution in [-0.2, 0) is 6.54 Å². The minimum absolute atomic E-state index is 0.00314. The molecule has 0 atom stereocenters. The number of nitrogens with one attached hydrogen (secondary N) is 1. The molecule has 1 aromatic heterocycles. The van der Waals surface area contributed by atoms with Crippen molar-refractivity contribution >= 4 is 15.9 Å². The fourth-order valence-corrected chi connectivity index (χ4v) is 1.91. The SMILES string of the molecule is CC(C)(C)NCc1cccnc1Oc1ccc(Br)c(F)c1. The van der Waals surface area contributed by atoms with E-state index in [1.165, 1.54) is 6.07 Å². The highest BCUT2D eigenvalue weighted by molar-refractivity contribution is 9.10. The third kappa shape index (κ3) is 4.79. The molecule has 0 radical (unpaired) electrons. The molecular weight excluding hydrogens is 335 g/mol. The van der Waals surface area contributed by atoms with Gasteiger partial charge in [-0.1, -0.05) is 6.07 Å². The zero-order valence-electron chi connectivity index (χ0n) is 12.3. The van der Waals surface area contributed by atoms with Gasteiger partial charge < -0.3 is 10.1 Å². The standard InChI is InChI=1S/C16H18BrFN2O/c1-16(2,3)20-10-11-5-4-8-19-15(11)21-12-6-7-13(17)14(18)9-12/h4-9,20H,10H2,1-3H3. The Morgan fingerprint density at radius 3 is 2.71 bits per heavy atom. The summed E-state index contributed by atoms with van der Waals surface area (Å²) in [5.74, 6) is 0.542. The number of halogens is 2. The molecular formula is C16H18BrFN2O. The first-order valence-electron chi connectivity index (χ1n) is 6.67. The fourth-order valence-electron chi connectivity index (χ4n) is 1.66. The number of pyridine rings is 1. The molecule has 5 heteroatoms. The summed E-state index contributed by atoms with van der Waals surface area (Å²) in [6, 6.07) is 8.44. The highest BCUT2D eigenvalue weighted by atomic mass is 79.9. The molecule has 1 N–H and O–H groups in total. The van der Waals surface area contributed by atoms with Crippen LogP contribution in [0.3, 0.4) is 0 Å². The molecule has 21 heavy (non-hydrogen) atoms. The quantitative estimate of drug-likeness (QED) is 0.868. The molecule has 0 aliphatic carbocycles. The lowest BCUT2D eigenvalue weighted by Gasteiger charge is -2.21. The molecule has 1 aromatic carbocycles. The van der Waals surface area contributed by atoms with E-state index in [4.69, 9.17) is 4.74 Å². The lowest BCUT2D eigenvalue weighted by Crippen LogP contribution is -2.35. The molecule has 2 aromatic rings. The molecule has 0 spiro atoms. The van der Waals surface area contributed by atoms with Gasteiger partial charge in [0.2, 0.25) is 5.88 Å². The predicted octanol–water partition coefficient (Wildman–Crippen LogP) is 4.66. The van der Waals surface area contributed by atoms with E-state index < -0.39 is 0 Å². The molecule has 0 amide bonds. The van der Waals surface area contributed by atoms with Crippen LogP contribution < -0.4 is 10.1 Å². The van der Waals surface area contributed by atoms with Gasteiger partial charge in [0.1, 0.15) is 11.6 Å². The van der Waals surface area contributed by atoms with Crippen molar-refractivity contribution in [3.05, 3.63) is 52.4 Å². The van der Waals surface area contributed by atoms with Gasteiger partial charge in [0.05, 0.1) is 4.47 Å². The van der Waals surface area contributed by atoms with Gasteiger partial charge in [0.25, 0.3) is 0 Å². The minimum Gasteiger partial charge on any atom is -0.439 e. The third-order valence-electron chi connectivity index (χ3n) is 2.76. The summed E-state index contributed by atoms with van der Waals surface area (Å²) in [4.78, 5) is 4.23. The molecule has 0 fully saturated rings. The second-order valence-corrected chi connectivity index (χ2v) is 6.60. The summed E-state index contributed by atoms with van der Waals surface area (Å²) in [6.07, 6.45) is 1.66. The van der Waals surface area contributed by atoms with Crippen molar-refractivity contribution in [2.24, 2.45) is 0 Å². The maximum Gasteiger partial charge on any atom is 0.223 e. The van der Waals surface area contributed by atoms with Gasteiger partial charge in [-0.3, -0.25) is 0 Å². The Morgan fingerprint density at radius 2 is 2.05 bits per heavy atom. The van der Waals surface area contributed by atoms with Gasteiger partial charge in [0, 0.05) is 29.9 Å². The molecule has 0 unspecified atom stereocenters. The van der Waals surface area contributed by atoms with Crippen molar-refractivity contribution < 1.29 is 9.13 Å². The van der Waals surface area contributed by atoms with Crippen molar-refractivity contribution in [2.45, 2.75) is 32.9 Å². The summed E-state index contributed by atoms with van der Waals surface area (Å²) in [6.45, 7) is 6.90. The maximum atomic E-state index is 13.5. The second-order valence-electron chi connectivity index (χ2n) is 5.75. The van der Waals surface area contributed by atoms with E-state index in [9.17, 15) is 4.39 Å². The number of benzene rings is 1. The first kappa shape index (κ1) is 15.9. The predicted molar refractivity (Wildman–Crippen MR) is 85.0 cm³/mol. The molecule has 3 nitrogen and oxygen atoms in total. The van der Waals surface area contributed by atoms with Gasteiger partial charge in [-0.05, 0) is 54.9 Å². The Hall–Kier alpha value is -1.46. The van der Waals surface area contributed by atoms with Crippen LogP contribution >= 0.6 is 15.9 Å². The van der Waals surface area contributed by atoms with Crippen molar-refractivity contribution in [3.63, 3.8) is 0 Å². The molecule has 0 aliphatic rings. The summed E-state index contributed by atoms with van der Waals surface area (Å²) in [5.41, 5.74) is 0.923. The number of ether oxygens (including phenoxy) is 1. The van der Waals surface area contributed by atoms with Crippen LogP contribution in [0.1, 0.15) is 26.3 Å². The molecule has 0 saturated carbocycles. The van der Waals surface area contributed by atoms with Gasteiger partial charge >= 0.3 is 0 Å². The van der Waals surface area contributed by atoms with Crippen molar-refractivity contribution in [1.82, 2.24) is 10.3 Å². The number of aromatic nitrogens is 1. The Kier molecular flexibility index (Phi) is 4.96. The Bertz CT molecular complexity index is 626. The average Bonchev–Trinajstić information content (AvgIpc) is 2.41. The van der Waals surface area contributed by atoms with Crippen molar-refractivity contribution in [1.29, 1.82) is 0 Å². The van der Waals surface area contributed by atoms with Crippen LogP contribution in [0.25, 0.3) is 0 Å². The molecule has 0 bridgehead atoms. The topological polar surface area (TPSA) is 34.2 Å². The third-order valence-corrected chi connectivity index (χ3v) is 3.41. The second kappa shape index (κ2) is 6.54. The highest BCUT2D eigenvalue weighted by Crippen LogP contribution is 2.26. The van der Waals surface area contributed by atoms with E-state index in [0.29, 0.717) is 22.6 Å². The van der Waals surface area contributed by atoms with E-state index in [-0.39, 0.29) is 11.4 Å². The highest BCUT2D eigenvalue weighted by Gasteiger charge is 2.12. The van der Waals surface area contributed by atoms with E-state index in [2.05, 4.69) is 47.0 Å². The number of hydrogen-bond acceptors (Lipinski definition) is 3. The summed E-state index contributed by atoms with van der Waals surface area (Å²) < 4.78 is 19.6. The van der Waals surface area contributed by atoms with Gasteiger partial charge in [-0.25, -0.2) is 9.37 Å². The average molecular weight is 353 g/mol. The van der Waals surface area contributed by atoms with E-state index >= 15 is 0 Å². The minimum atomic E-state index is -0.363. The number of nitrogens with zero attached hydrogens (tertiary/aromatic N) is 1. The van der Waals surface area contributed by atoms with Crippen molar-refractivity contribution in [3.8, 4) is 11.6 Å². The Balaban J connectivity index is 2.17. The van der Waals surface area contributed by atoms with E-state index in [1.54, 1.807) is 18.3 Å². The zero-order chi connectivity index (χ0) is 15.5. The molecule has 0 saturated heterocycles. The van der Waals surface area contributed by atoms with Crippen LogP contribution in [0.15, 0.2) is 41.0 Å². The van der Waals surface area contributed by atoms with Crippen LogP contribution in [0, 0.1) is 5.82 Å². The number of rotatable bonds is 4. The summed E-state index contributed by atoms with van der Waals surface area (Å²) in [5, 5.41) is 3.38. The smallest absolute Gasteiger partial charge is 0.223 e. The first-order valence-corrected chi connectivity index (χ1v) is 7.46. The lowest BCUT2D eigenvalue weighted by molar-refractivity contribution is 0.408. The normalized spacial score (nSPS) is 11.5. The van der Waals surface area contributed by atoms with Crippen LogP contribution in [0.5, 0.6) is 11.6 Å². The van der Waals surface area contributed by atoms with Gasteiger partial charge in [-0.2, -0.15) is 0 Å². The number of hydrogen-bond donors (Lipinski definition) is 1. The van der Waals surface area contributed by atoms with Gasteiger partial charge in [-0.15, -0.1) is 0 Å².